The van der Waals surface area contributed by atoms with Gasteiger partial charge >= 0.3 is 0 Å². The van der Waals surface area contributed by atoms with Crippen LogP contribution in [0.5, 0.6) is 0 Å². The summed E-state index contributed by atoms with van der Waals surface area (Å²) in [6.07, 6.45) is 1.70. The molecule has 0 unspecified atom stereocenters. The fourth-order valence-corrected chi connectivity index (χ4v) is 1.37. The Kier molecular flexibility index (Phi) is 4.38. The molecule has 0 aromatic carbocycles. The lowest BCUT2D eigenvalue weighted by Crippen LogP contribution is -2.50. The normalized spacial score (nSPS) is 20.2. The lowest BCUT2D eigenvalue weighted by Gasteiger charge is -2.36. The van der Waals surface area contributed by atoms with Crippen LogP contribution in [0.2, 0.25) is 0 Å². The van der Waals surface area contributed by atoms with Crippen LogP contribution in [0, 0.1) is 0 Å². The Bertz CT molecular complexity index is 221. The molecule has 0 amide bonds. The minimum Gasteiger partial charge on any atom is -0.304 e. The van der Waals surface area contributed by atoms with E-state index in [0.717, 1.165) is 26.2 Å². The number of hydrogen-bond donors (Lipinski definition) is 0. The third kappa shape index (κ3) is 3.65. The highest BCUT2D eigenvalue weighted by atomic mass is 35.5. The van der Waals surface area contributed by atoms with E-state index in [1.54, 1.807) is 6.34 Å². The zero-order chi connectivity index (χ0) is 10.6. The number of piperazine rings is 1. The van der Waals surface area contributed by atoms with Gasteiger partial charge in [0, 0.05) is 33.2 Å². The summed E-state index contributed by atoms with van der Waals surface area (Å²) in [7, 11) is 4.10. The first-order valence-corrected chi connectivity index (χ1v) is 5.02. The maximum absolute atomic E-state index is 5.54. The molecular weight excluding hydrogens is 200 g/mol. The number of likely N-dealkylation sites (N-methyl/N-ethyl adjacent to an activating group) is 1. The van der Waals surface area contributed by atoms with Crippen LogP contribution in [-0.2, 0) is 0 Å². The van der Waals surface area contributed by atoms with Crippen molar-refractivity contribution in [2.45, 2.75) is 0 Å². The fourth-order valence-electron chi connectivity index (χ4n) is 1.33. The molecule has 0 aromatic rings. The molecule has 1 aliphatic heterocycles. The maximum atomic E-state index is 5.54. The van der Waals surface area contributed by atoms with Gasteiger partial charge in [0.2, 0.25) is 0 Å². The van der Waals surface area contributed by atoms with Crippen LogP contribution in [0.15, 0.2) is 16.7 Å². The van der Waals surface area contributed by atoms with E-state index >= 15 is 0 Å². The molecule has 5 heteroatoms. The maximum Gasteiger partial charge on any atom is 0.123 e. The van der Waals surface area contributed by atoms with E-state index < -0.39 is 0 Å². The van der Waals surface area contributed by atoms with Crippen LogP contribution in [0.4, 0.5) is 0 Å². The first-order valence-electron chi connectivity index (χ1n) is 4.64. The smallest absolute Gasteiger partial charge is 0.123 e. The van der Waals surface area contributed by atoms with E-state index in [0.29, 0.717) is 5.16 Å². The van der Waals surface area contributed by atoms with E-state index in [9.17, 15) is 0 Å². The quantitative estimate of drug-likeness (QED) is 0.396. The SMILES string of the molecule is C=C(Cl)/N=C\N(C)N1CCN(C)CC1. The Morgan fingerprint density at radius 1 is 1.43 bits per heavy atom. The number of rotatable bonds is 3. The molecule has 0 bridgehead atoms. The van der Waals surface area contributed by atoms with Gasteiger partial charge in [0.05, 0.1) is 0 Å². The average Bonchev–Trinajstić information content (AvgIpc) is 2.15. The van der Waals surface area contributed by atoms with Crippen molar-refractivity contribution in [1.82, 2.24) is 14.9 Å². The fraction of sp³-hybridized carbons (Fsp3) is 0.667. The molecule has 0 aliphatic carbocycles. The third-order valence-corrected chi connectivity index (χ3v) is 2.39. The molecule has 0 atom stereocenters. The summed E-state index contributed by atoms with van der Waals surface area (Å²) in [6, 6.07) is 0. The summed E-state index contributed by atoms with van der Waals surface area (Å²) < 4.78 is 0. The van der Waals surface area contributed by atoms with Crippen molar-refractivity contribution >= 4 is 17.9 Å². The summed E-state index contributed by atoms with van der Waals surface area (Å²) in [4.78, 5) is 6.24. The number of halogens is 1. The van der Waals surface area contributed by atoms with Gasteiger partial charge in [0.15, 0.2) is 0 Å². The van der Waals surface area contributed by atoms with Crippen LogP contribution in [0.3, 0.4) is 0 Å². The zero-order valence-electron chi connectivity index (χ0n) is 8.78. The molecule has 0 spiro atoms. The molecule has 80 valence electrons. The van der Waals surface area contributed by atoms with Crippen LogP contribution in [-0.4, -0.2) is 61.5 Å². The highest BCUT2D eigenvalue weighted by molar-refractivity contribution is 6.29. The van der Waals surface area contributed by atoms with E-state index in [4.69, 9.17) is 11.6 Å². The Morgan fingerprint density at radius 2 is 2.00 bits per heavy atom. The molecular formula is C9H17ClN4. The Hall–Kier alpha value is -0.580. The van der Waals surface area contributed by atoms with Gasteiger partial charge in [-0.05, 0) is 7.05 Å². The second-order valence-electron chi connectivity index (χ2n) is 3.45. The number of hydrazine groups is 1. The minimum atomic E-state index is 0.311. The van der Waals surface area contributed by atoms with Crippen molar-refractivity contribution in [2.75, 3.05) is 40.3 Å². The topological polar surface area (TPSA) is 22.1 Å². The van der Waals surface area contributed by atoms with Gasteiger partial charge in [-0.2, -0.15) is 0 Å². The van der Waals surface area contributed by atoms with Crippen molar-refractivity contribution in [3.05, 3.63) is 11.7 Å². The van der Waals surface area contributed by atoms with Crippen molar-refractivity contribution in [1.29, 1.82) is 0 Å². The predicted molar refractivity (Wildman–Crippen MR) is 60.3 cm³/mol. The van der Waals surface area contributed by atoms with E-state index in [1.807, 2.05) is 12.1 Å². The molecule has 0 radical (unpaired) electrons. The van der Waals surface area contributed by atoms with E-state index in [2.05, 4.69) is 28.5 Å². The van der Waals surface area contributed by atoms with Crippen LogP contribution < -0.4 is 0 Å². The van der Waals surface area contributed by atoms with Crippen molar-refractivity contribution in [3.8, 4) is 0 Å². The van der Waals surface area contributed by atoms with Crippen LogP contribution in [0.1, 0.15) is 0 Å². The predicted octanol–water partition coefficient (Wildman–Crippen LogP) is 0.819. The van der Waals surface area contributed by atoms with E-state index in [-0.39, 0.29) is 0 Å². The highest BCUT2D eigenvalue weighted by Gasteiger charge is 2.15. The molecule has 1 aliphatic rings. The molecule has 0 saturated carbocycles. The molecule has 14 heavy (non-hydrogen) atoms. The summed E-state index contributed by atoms with van der Waals surface area (Å²) in [5.41, 5.74) is 0. The van der Waals surface area contributed by atoms with Gasteiger partial charge in [-0.3, -0.25) is 5.01 Å². The first-order chi connectivity index (χ1) is 6.59. The third-order valence-electron chi connectivity index (χ3n) is 2.29. The number of hydrogen-bond acceptors (Lipinski definition) is 3. The molecule has 0 N–H and O–H groups in total. The monoisotopic (exact) mass is 216 g/mol. The molecule has 1 rings (SSSR count). The molecule has 1 saturated heterocycles. The summed E-state index contributed by atoms with van der Waals surface area (Å²) in [6.45, 7) is 7.71. The standard InChI is InChI=1S/C9H17ClN4/c1-9(10)11-8-13(3)14-6-4-12(2)5-7-14/h8H,1,4-7H2,2-3H3/b11-8-. The Labute approximate surface area is 90.4 Å². The first kappa shape index (κ1) is 11.5. The second-order valence-corrected chi connectivity index (χ2v) is 3.89. The lowest BCUT2D eigenvalue weighted by molar-refractivity contribution is 0.0254. The molecule has 1 heterocycles. The van der Waals surface area contributed by atoms with Gasteiger partial charge in [-0.1, -0.05) is 18.2 Å². The summed E-state index contributed by atoms with van der Waals surface area (Å²) in [5.74, 6) is 0. The zero-order valence-corrected chi connectivity index (χ0v) is 9.54. The molecule has 0 aromatic heterocycles. The Balaban J connectivity index is 2.37. The molecule has 4 nitrogen and oxygen atoms in total. The van der Waals surface area contributed by atoms with Gasteiger partial charge in [-0.15, -0.1) is 0 Å². The number of aliphatic imine (C=N–C) groups is 1. The van der Waals surface area contributed by atoms with Crippen LogP contribution >= 0.6 is 11.6 Å². The highest BCUT2D eigenvalue weighted by Crippen LogP contribution is 2.02. The van der Waals surface area contributed by atoms with Gasteiger partial charge in [-0.25, -0.2) is 10.0 Å². The number of nitrogens with zero attached hydrogens (tertiary/aromatic N) is 4. The summed E-state index contributed by atoms with van der Waals surface area (Å²) in [5, 5.41) is 4.50. The van der Waals surface area contributed by atoms with Crippen molar-refractivity contribution < 1.29 is 0 Å². The van der Waals surface area contributed by atoms with E-state index in [1.165, 1.54) is 0 Å². The largest absolute Gasteiger partial charge is 0.304 e. The van der Waals surface area contributed by atoms with Gasteiger partial charge in [0.25, 0.3) is 0 Å². The van der Waals surface area contributed by atoms with Crippen LogP contribution in [0.25, 0.3) is 0 Å². The molecule has 1 fully saturated rings. The van der Waals surface area contributed by atoms with Crippen molar-refractivity contribution in [3.63, 3.8) is 0 Å². The lowest BCUT2D eigenvalue weighted by atomic mass is 10.4. The van der Waals surface area contributed by atoms with Crippen molar-refractivity contribution in [2.24, 2.45) is 4.99 Å². The average molecular weight is 217 g/mol. The second kappa shape index (κ2) is 5.34. The summed E-state index contributed by atoms with van der Waals surface area (Å²) >= 11 is 5.54. The van der Waals surface area contributed by atoms with Gasteiger partial charge < -0.3 is 4.90 Å². The van der Waals surface area contributed by atoms with Gasteiger partial charge in [0.1, 0.15) is 11.5 Å². The minimum absolute atomic E-state index is 0.311. The Morgan fingerprint density at radius 3 is 2.50 bits per heavy atom.